The van der Waals surface area contributed by atoms with Crippen molar-refractivity contribution in [3.8, 4) is 0 Å². The average Bonchev–Trinajstić information content (AvgIpc) is 2.44. The SMILES string of the molecule is CCOC(=O)CCN(C)C(=O)N1CCOC(CC(=O)O)C1. The van der Waals surface area contributed by atoms with Gasteiger partial charge in [-0.3, -0.25) is 9.59 Å². The minimum absolute atomic E-state index is 0.129. The van der Waals surface area contributed by atoms with Crippen molar-refractivity contribution in [2.75, 3.05) is 39.9 Å². The number of amides is 2. The van der Waals surface area contributed by atoms with Gasteiger partial charge in [-0.05, 0) is 6.92 Å². The molecule has 0 saturated carbocycles. The van der Waals surface area contributed by atoms with Gasteiger partial charge in [0.25, 0.3) is 0 Å². The Bertz CT molecular complexity index is 387. The lowest BCUT2D eigenvalue weighted by Crippen LogP contribution is -2.50. The predicted molar refractivity (Wildman–Crippen MR) is 72.8 cm³/mol. The van der Waals surface area contributed by atoms with E-state index in [1.165, 1.54) is 4.90 Å². The Balaban J connectivity index is 2.42. The maximum Gasteiger partial charge on any atom is 0.319 e. The first-order chi connectivity index (χ1) is 9.93. The van der Waals surface area contributed by atoms with E-state index in [1.54, 1.807) is 18.9 Å². The Kier molecular flexibility index (Phi) is 6.93. The highest BCUT2D eigenvalue weighted by Gasteiger charge is 2.27. The highest BCUT2D eigenvalue weighted by atomic mass is 16.5. The van der Waals surface area contributed by atoms with Crippen LogP contribution in [0.4, 0.5) is 4.79 Å². The van der Waals surface area contributed by atoms with Crippen LogP contribution in [-0.2, 0) is 19.1 Å². The van der Waals surface area contributed by atoms with E-state index in [0.717, 1.165) is 0 Å². The van der Waals surface area contributed by atoms with Gasteiger partial charge in [0.15, 0.2) is 0 Å². The summed E-state index contributed by atoms with van der Waals surface area (Å²) in [6, 6.07) is -0.238. The number of hydrogen-bond donors (Lipinski definition) is 1. The molecule has 0 aromatic carbocycles. The van der Waals surface area contributed by atoms with Gasteiger partial charge in [0, 0.05) is 26.7 Å². The molecule has 1 saturated heterocycles. The molecule has 1 fully saturated rings. The lowest BCUT2D eigenvalue weighted by molar-refractivity contribution is -0.144. The van der Waals surface area contributed by atoms with Crippen molar-refractivity contribution in [3.05, 3.63) is 0 Å². The van der Waals surface area contributed by atoms with Crippen LogP contribution >= 0.6 is 0 Å². The second-order valence-electron chi connectivity index (χ2n) is 4.80. The van der Waals surface area contributed by atoms with Crippen LogP contribution in [0.25, 0.3) is 0 Å². The summed E-state index contributed by atoms with van der Waals surface area (Å²) in [5, 5.41) is 8.75. The molecule has 2 amide bonds. The largest absolute Gasteiger partial charge is 0.481 e. The number of carboxylic acid groups (broad SMARTS) is 1. The third kappa shape index (κ3) is 5.99. The van der Waals surface area contributed by atoms with E-state index in [0.29, 0.717) is 19.8 Å². The maximum atomic E-state index is 12.2. The van der Waals surface area contributed by atoms with Crippen LogP contribution in [0.2, 0.25) is 0 Å². The summed E-state index contributed by atoms with van der Waals surface area (Å²) in [6.45, 7) is 3.28. The third-order valence-electron chi connectivity index (χ3n) is 3.09. The van der Waals surface area contributed by atoms with E-state index >= 15 is 0 Å². The molecule has 0 aromatic rings. The van der Waals surface area contributed by atoms with Crippen molar-refractivity contribution >= 4 is 18.0 Å². The Hall–Kier alpha value is -1.83. The summed E-state index contributed by atoms with van der Waals surface area (Å²) in [6.07, 6.45) is -0.478. The van der Waals surface area contributed by atoms with E-state index in [1.807, 2.05) is 0 Å². The Morgan fingerprint density at radius 1 is 1.43 bits per heavy atom. The van der Waals surface area contributed by atoms with Gasteiger partial charge in [-0.2, -0.15) is 0 Å². The summed E-state index contributed by atoms with van der Waals surface area (Å²) >= 11 is 0. The van der Waals surface area contributed by atoms with Crippen molar-refractivity contribution in [2.45, 2.75) is 25.9 Å². The number of morpholine rings is 1. The van der Waals surface area contributed by atoms with E-state index in [-0.39, 0.29) is 37.9 Å². The molecule has 1 unspecified atom stereocenters. The van der Waals surface area contributed by atoms with Gasteiger partial charge in [-0.25, -0.2) is 4.79 Å². The number of carbonyl (C=O) groups excluding carboxylic acids is 2. The normalized spacial score (nSPS) is 18.2. The molecule has 120 valence electrons. The number of urea groups is 1. The highest BCUT2D eigenvalue weighted by Crippen LogP contribution is 2.11. The average molecular weight is 302 g/mol. The third-order valence-corrected chi connectivity index (χ3v) is 3.09. The van der Waals surface area contributed by atoms with Crippen LogP contribution in [0.3, 0.4) is 0 Å². The van der Waals surface area contributed by atoms with E-state index < -0.39 is 12.1 Å². The number of nitrogens with zero attached hydrogens (tertiary/aromatic N) is 2. The lowest BCUT2D eigenvalue weighted by atomic mass is 10.2. The molecule has 8 nitrogen and oxygen atoms in total. The molecule has 1 aliphatic heterocycles. The maximum absolute atomic E-state index is 12.2. The minimum Gasteiger partial charge on any atom is -0.481 e. The number of carboxylic acids is 1. The molecule has 1 aliphatic rings. The van der Waals surface area contributed by atoms with Crippen LogP contribution < -0.4 is 0 Å². The van der Waals surface area contributed by atoms with Gasteiger partial charge < -0.3 is 24.4 Å². The second-order valence-corrected chi connectivity index (χ2v) is 4.80. The van der Waals surface area contributed by atoms with Crippen LogP contribution in [-0.4, -0.2) is 78.9 Å². The molecule has 1 atom stereocenters. The number of hydrogen-bond acceptors (Lipinski definition) is 5. The molecule has 1 heterocycles. The number of rotatable bonds is 6. The fraction of sp³-hybridized carbons (Fsp3) is 0.769. The van der Waals surface area contributed by atoms with Crippen LogP contribution in [0, 0.1) is 0 Å². The highest BCUT2D eigenvalue weighted by molar-refractivity contribution is 5.76. The second kappa shape index (κ2) is 8.46. The van der Waals surface area contributed by atoms with Crippen molar-refractivity contribution in [3.63, 3.8) is 0 Å². The number of esters is 1. The summed E-state index contributed by atoms with van der Waals surface area (Å²) in [5.41, 5.74) is 0. The van der Waals surface area contributed by atoms with Crippen LogP contribution in [0.1, 0.15) is 19.8 Å². The Morgan fingerprint density at radius 2 is 2.14 bits per heavy atom. The smallest absolute Gasteiger partial charge is 0.319 e. The molecule has 21 heavy (non-hydrogen) atoms. The quantitative estimate of drug-likeness (QED) is 0.702. The molecule has 0 aliphatic carbocycles. The van der Waals surface area contributed by atoms with Crippen molar-refractivity contribution < 1.29 is 29.0 Å². The fourth-order valence-electron chi connectivity index (χ4n) is 2.04. The van der Waals surface area contributed by atoms with Crippen molar-refractivity contribution in [2.24, 2.45) is 0 Å². The van der Waals surface area contributed by atoms with E-state index in [9.17, 15) is 14.4 Å². The fourth-order valence-corrected chi connectivity index (χ4v) is 2.04. The van der Waals surface area contributed by atoms with Gasteiger partial charge in [-0.1, -0.05) is 0 Å². The summed E-state index contributed by atoms with van der Waals surface area (Å²) in [5.74, 6) is -1.30. The van der Waals surface area contributed by atoms with E-state index in [4.69, 9.17) is 14.6 Å². The molecular formula is C13H22N2O6. The zero-order chi connectivity index (χ0) is 15.8. The topological polar surface area (TPSA) is 96.4 Å². The van der Waals surface area contributed by atoms with E-state index in [2.05, 4.69) is 0 Å². The zero-order valence-electron chi connectivity index (χ0n) is 12.4. The van der Waals surface area contributed by atoms with Gasteiger partial charge in [0.1, 0.15) is 0 Å². The first kappa shape index (κ1) is 17.2. The molecule has 0 radical (unpaired) electrons. The first-order valence-electron chi connectivity index (χ1n) is 6.93. The van der Waals surface area contributed by atoms with Crippen LogP contribution in [0.5, 0.6) is 0 Å². The van der Waals surface area contributed by atoms with Gasteiger partial charge in [0.2, 0.25) is 0 Å². The van der Waals surface area contributed by atoms with Gasteiger partial charge in [0.05, 0.1) is 32.2 Å². The molecule has 0 spiro atoms. The number of carbonyl (C=O) groups is 3. The summed E-state index contributed by atoms with van der Waals surface area (Å²) in [4.78, 5) is 37.1. The number of aliphatic carboxylic acids is 1. The molecule has 8 heteroatoms. The predicted octanol–water partition coefficient (Wildman–Crippen LogP) is 0.167. The molecule has 0 bridgehead atoms. The monoisotopic (exact) mass is 302 g/mol. The Morgan fingerprint density at radius 3 is 2.76 bits per heavy atom. The summed E-state index contributed by atoms with van der Waals surface area (Å²) < 4.78 is 10.1. The minimum atomic E-state index is -0.954. The molecule has 1 N–H and O–H groups in total. The van der Waals surface area contributed by atoms with Gasteiger partial charge >= 0.3 is 18.0 Å². The van der Waals surface area contributed by atoms with Crippen LogP contribution in [0.15, 0.2) is 0 Å². The molecule has 1 rings (SSSR count). The van der Waals surface area contributed by atoms with Crippen molar-refractivity contribution in [1.82, 2.24) is 9.80 Å². The zero-order valence-corrected chi connectivity index (χ0v) is 12.4. The first-order valence-corrected chi connectivity index (χ1v) is 6.93. The Labute approximate surface area is 123 Å². The van der Waals surface area contributed by atoms with Gasteiger partial charge in [-0.15, -0.1) is 0 Å². The summed E-state index contributed by atoms with van der Waals surface area (Å²) in [7, 11) is 1.60. The standard InChI is InChI=1S/C13H22N2O6/c1-3-20-12(18)4-5-14(2)13(19)15-6-7-21-10(9-15)8-11(16)17/h10H,3-9H2,1-2H3,(H,16,17). The lowest BCUT2D eigenvalue weighted by Gasteiger charge is -2.34. The van der Waals surface area contributed by atoms with Crippen molar-refractivity contribution in [1.29, 1.82) is 0 Å². The molecule has 0 aromatic heterocycles. The molecular weight excluding hydrogens is 280 g/mol. The number of ether oxygens (including phenoxy) is 2.